The molecule has 1 aliphatic heterocycles. The highest BCUT2D eigenvalue weighted by Crippen LogP contribution is 2.14. The van der Waals surface area contributed by atoms with Gasteiger partial charge in [-0.3, -0.25) is 5.43 Å². The van der Waals surface area contributed by atoms with Crippen LogP contribution < -0.4 is 15.5 Å². The monoisotopic (exact) mass is 335 g/mol. The molecule has 0 radical (unpaired) electrons. The van der Waals surface area contributed by atoms with Gasteiger partial charge in [0, 0.05) is 13.2 Å². The zero-order valence-electron chi connectivity index (χ0n) is 14.0. The van der Waals surface area contributed by atoms with Crippen LogP contribution in [0, 0.1) is 0 Å². The van der Waals surface area contributed by atoms with E-state index in [0.717, 1.165) is 43.0 Å². The first kappa shape index (κ1) is 17.7. The van der Waals surface area contributed by atoms with Gasteiger partial charge in [-0.2, -0.15) is 5.10 Å². The molecule has 5 nitrogen and oxygen atoms in total. The summed E-state index contributed by atoms with van der Waals surface area (Å²) in [6, 6.07) is 7.87. The lowest BCUT2D eigenvalue weighted by atomic mass is 10.1. The predicted molar refractivity (Wildman–Crippen MR) is 97.1 cm³/mol. The topological polar surface area (TPSA) is 54.9 Å². The second-order valence-electron chi connectivity index (χ2n) is 5.85. The first-order chi connectivity index (χ1) is 11.0. The minimum absolute atomic E-state index is 0.171. The van der Waals surface area contributed by atoms with Gasteiger partial charge < -0.3 is 14.8 Å². The number of hydrogen-bond donors (Lipinski definition) is 2. The SMILES string of the molecule is C/C(=N/NC(=S)NC[C@H]1CCCO1)c1ccc(OC(C)C)cc1. The van der Waals surface area contributed by atoms with E-state index in [0.29, 0.717) is 5.11 Å². The molecule has 6 heteroatoms. The highest BCUT2D eigenvalue weighted by Gasteiger charge is 2.15. The van der Waals surface area contributed by atoms with Crippen LogP contribution >= 0.6 is 12.2 Å². The van der Waals surface area contributed by atoms with Crippen LogP contribution in [0.2, 0.25) is 0 Å². The van der Waals surface area contributed by atoms with Crippen LogP contribution in [0.1, 0.15) is 39.2 Å². The Morgan fingerprint density at radius 1 is 1.39 bits per heavy atom. The number of thiocarbonyl (C=S) groups is 1. The summed E-state index contributed by atoms with van der Waals surface area (Å²) < 4.78 is 11.2. The summed E-state index contributed by atoms with van der Waals surface area (Å²) in [5.74, 6) is 0.860. The minimum Gasteiger partial charge on any atom is -0.491 e. The normalized spacial score (nSPS) is 18.1. The zero-order chi connectivity index (χ0) is 16.7. The molecule has 1 saturated heterocycles. The predicted octanol–water partition coefficient (Wildman–Crippen LogP) is 2.84. The second-order valence-corrected chi connectivity index (χ2v) is 6.25. The van der Waals surface area contributed by atoms with Gasteiger partial charge in [0.05, 0.1) is 17.9 Å². The van der Waals surface area contributed by atoms with Crippen LogP contribution in [-0.2, 0) is 4.74 Å². The Balaban J connectivity index is 1.80. The summed E-state index contributed by atoms with van der Waals surface area (Å²) in [7, 11) is 0. The Kier molecular flexibility index (Phi) is 6.80. The van der Waals surface area contributed by atoms with Crippen molar-refractivity contribution in [1.29, 1.82) is 0 Å². The second kappa shape index (κ2) is 8.84. The first-order valence-corrected chi connectivity index (χ1v) is 8.42. The van der Waals surface area contributed by atoms with E-state index >= 15 is 0 Å². The van der Waals surface area contributed by atoms with Crippen LogP contribution in [0.4, 0.5) is 0 Å². The Morgan fingerprint density at radius 3 is 2.74 bits per heavy atom. The molecule has 1 fully saturated rings. The number of hydrazone groups is 1. The molecule has 1 aliphatic rings. The molecule has 2 rings (SSSR count). The fraction of sp³-hybridized carbons (Fsp3) is 0.529. The number of nitrogens with one attached hydrogen (secondary N) is 2. The van der Waals surface area contributed by atoms with Gasteiger partial charge >= 0.3 is 0 Å². The molecule has 1 heterocycles. The van der Waals surface area contributed by atoms with Gasteiger partial charge in [-0.25, -0.2) is 0 Å². The van der Waals surface area contributed by atoms with Crippen molar-refractivity contribution >= 4 is 23.0 Å². The molecule has 1 atom stereocenters. The third-order valence-corrected chi connectivity index (χ3v) is 3.72. The van der Waals surface area contributed by atoms with Gasteiger partial charge in [0.1, 0.15) is 5.75 Å². The number of hydrogen-bond acceptors (Lipinski definition) is 4. The maximum absolute atomic E-state index is 5.63. The maximum atomic E-state index is 5.63. The summed E-state index contributed by atoms with van der Waals surface area (Å²) in [6.07, 6.45) is 2.64. The molecule has 0 unspecified atom stereocenters. The van der Waals surface area contributed by atoms with Crippen molar-refractivity contribution in [3.63, 3.8) is 0 Å². The van der Waals surface area contributed by atoms with E-state index in [1.54, 1.807) is 0 Å². The third kappa shape index (κ3) is 6.15. The maximum Gasteiger partial charge on any atom is 0.187 e. The van der Waals surface area contributed by atoms with Gasteiger partial charge in [0.25, 0.3) is 0 Å². The van der Waals surface area contributed by atoms with Crippen LogP contribution in [-0.4, -0.2) is 36.2 Å². The van der Waals surface area contributed by atoms with E-state index in [1.165, 1.54) is 0 Å². The summed E-state index contributed by atoms with van der Waals surface area (Å²) >= 11 is 5.22. The average molecular weight is 335 g/mol. The van der Waals surface area contributed by atoms with E-state index in [-0.39, 0.29) is 12.2 Å². The summed E-state index contributed by atoms with van der Waals surface area (Å²) in [4.78, 5) is 0. The van der Waals surface area contributed by atoms with Gasteiger partial charge in [-0.05, 0) is 75.7 Å². The standard InChI is InChI=1S/C17H25N3O2S/c1-12(2)22-15-8-6-14(7-9-15)13(3)19-20-17(23)18-11-16-5-4-10-21-16/h6-9,12,16H,4-5,10-11H2,1-3H3,(H2,18,20,23)/b19-13-/t16-/m1/s1. The van der Waals surface area contributed by atoms with E-state index < -0.39 is 0 Å². The molecule has 1 aromatic rings. The Morgan fingerprint density at radius 2 is 2.13 bits per heavy atom. The van der Waals surface area contributed by atoms with E-state index in [4.69, 9.17) is 21.7 Å². The summed E-state index contributed by atoms with van der Waals surface area (Å²) in [5, 5.41) is 7.96. The van der Waals surface area contributed by atoms with Gasteiger partial charge in [0.2, 0.25) is 0 Å². The molecular formula is C17H25N3O2S. The van der Waals surface area contributed by atoms with E-state index in [2.05, 4.69) is 15.8 Å². The molecule has 2 N–H and O–H groups in total. The quantitative estimate of drug-likeness (QED) is 0.476. The largest absolute Gasteiger partial charge is 0.491 e. The van der Waals surface area contributed by atoms with E-state index in [9.17, 15) is 0 Å². The Labute approximate surface area is 143 Å². The fourth-order valence-corrected chi connectivity index (χ4v) is 2.43. The van der Waals surface area contributed by atoms with Crippen LogP contribution in [0.15, 0.2) is 29.4 Å². The van der Waals surface area contributed by atoms with E-state index in [1.807, 2.05) is 45.0 Å². The summed E-state index contributed by atoms with van der Waals surface area (Å²) in [6.45, 7) is 7.53. The van der Waals surface area contributed by atoms with Crippen molar-refractivity contribution in [3.8, 4) is 5.75 Å². The number of rotatable bonds is 6. The minimum atomic E-state index is 0.171. The molecule has 0 aromatic heterocycles. The molecule has 0 bridgehead atoms. The van der Waals surface area contributed by atoms with Crippen molar-refractivity contribution < 1.29 is 9.47 Å². The third-order valence-electron chi connectivity index (χ3n) is 3.48. The number of benzene rings is 1. The number of nitrogens with zero attached hydrogens (tertiary/aromatic N) is 1. The van der Waals surface area contributed by atoms with Crippen LogP contribution in [0.3, 0.4) is 0 Å². The lowest BCUT2D eigenvalue weighted by molar-refractivity contribution is 0.114. The molecule has 0 spiro atoms. The fourth-order valence-electron chi connectivity index (χ4n) is 2.30. The van der Waals surface area contributed by atoms with Crippen molar-refractivity contribution in [2.24, 2.45) is 5.10 Å². The molecule has 0 saturated carbocycles. The lowest BCUT2D eigenvalue weighted by Gasteiger charge is -2.12. The molecule has 0 amide bonds. The molecule has 1 aromatic carbocycles. The first-order valence-electron chi connectivity index (χ1n) is 8.01. The Hall–Kier alpha value is -1.66. The average Bonchev–Trinajstić information content (AvgIpc) is 3.04. The van der Waals surface area contributed by atoms with Crippen molar-refractivity contribution in [2.75, 3.05) is 13.2 Å². The van der Waals surface area contributed by atoms with Gasteiger partial charge in [-0.15, -0.1) is 0 Å². The van der Waals surface area contributed by atoms with Crippen LogP contribution in [0.5, 0.6) is 5.75 Å². The Bertz CT molecular complexity index is 537. The lowest BCUT2D eigenvalue weighted by Crippen LogP contribution is -2.37. The van der Waals surface area contributed by atoms with Gasteiger partial charge in [-0.1, -0.05) is 0 Å². The number of ether oxygens (including phenoxy) is 2. The zero-order valence-corrected chi connectivity index (χ0v) is 14.8. The smallest absolute Gasteiger partial charge is 0.187 e. The van der Waals surface area contributed by atoms with Crippen molar-refractivity contribution in [2.45, 2.75) is 45.8 Å². The van der Waals surface area contributed by atoms with Crippen molar-refractivity contribution in [3.05, 3.63) is 29.8 Å². The highest BCUT2D eigenvalue weighted by molar-refractivity contribution is 7.80. The molecule has 0 aliphatic carbocycles. The molecule has 23 heavy (non-hydrogen) atoms. The van der Waals surface area contributed by atoms with Gasteiger partial charge in [0.15, 0.2) is 5.11 Å². The summed E-state index contributed by atoms with van der Waals surface area (Å²) in [5.41, 5.74) is 4.76. The molecular weight excluding hydrogens is 310 g/mol. The van der Waals surface area contributed by atoms with Crippen LogP contribution in [0.25, 0.3) is 0 Å². The van der Waals surface area contributed by atoms with Crippen molar-refractivity contribution in [1.82, 2.24) is 10.7 Å². The highest BCUT2D eigenvalue weighted by atomic mass is 32.1. The molecule has 126 valence electrons.